The lowest BCUT2D eigenvalue weighted by molar-refractivity contribution is 0.561. The average molecular weight is 430 g/mol. The molecule has 5 rings (SSSR count). The summed E-state index contributed by atoms with van der Waals surface area (Å²) in [5, 5.41) is 10.7. The van der Waals surface area contributed by atoms with Gasteiger partial charge in [0.25, 0.3) is 5.56 Å². The van der Waals surface area contributed by atoms with Gasteiger partial charge in [0.05, 0.1) is 11.1 Å². The zero-order chi connectivity index (χ0) is 20.1. The Hall–Kier alpha value is -1.67. The highest BCUT2D eigenvalue weighted by Crippen LogP contribution is 2.46. The number of aromatic nitrogens is 5. The average Bonchev–Trinajstić information content (AvgIpc) is 3.63. The van der Waals surface area contributed by atoms with Gasteiger partial charge in [-0.1, -0.05) is 32.0 Å². The molecule has 8 heteroatoms. The minimum absolute atomic E-state index is 0.00409. The van der Waals surface area contributed by atoms with Crippen LogP contribution < -0.4 is 5.56 Å². The number of thiophene rings is 1. The van der Waals surface area contributed by atoms with Crippen LogP contribution >= 0.6 is 23.1 Å². The maximum atomic E-state index is 12.9. The number of thioether (sulfide) groups is 1. The molecule has 0 radical (unpaired) electrons. The first-order chi connectivity index (χ1) is 14.0. The number of aryl methyl sites for hydroxylation is 1. The lowest BCUT2D eigenvalue weighted by Crippen LogP contribution is -2.12. The Labute approximate surface area is 178 Å². The van der Waals surface area contributed by atoms with Gasteiger partial charge in [0.2, 0.25) is 0 Å². The molecule has 0 spiro atoms. The van der Waals surface area contributed by atoms with Gasteiger partial charge in [-0.3, -0.25) is 4.79 Å². The van der Waals surface area contributed by atoms with E-state index in [0.29, 0.717) is 23.6 Å². The molecule has 3 aromatic heterocycles. The molecule has 0 aliphatic heterocycles. The van der Waals surface area contributed by atoms with Crippen molar-refractivity contribution >= 4 is 33.3 Å². The van der Waals surface area contributed by atoms with Crippen molar-refractivity contribution in [3.8, 4) is 0 Å². The number of H-pyrrole nitrogens is 1. The van der Waals surface area contributed by atoms with Crippen LogP contribution in [0.4, 0.5) is 0 Å². The Balaban J connectivity index is 1.40. The van der Waals surface area contributed by atoms with Gasteiger partial charge >= 0.3 is 0 Å². The van der Waals surface area contributed by atoms with Crippen molar-refractivity contribution in [3.05, 3.63) is 32.4 Å². The fourth-order valence-electron chi connectivity index (χ4n) is 3.84. The predicted octanol–water partition coefficient (Wildman–Crippen LogP) is 4.98. The highest BCUT2D eigenvalue weighted by atomic mass is 32.2. The normalized spacial score (nSPS) is 17.9. The molecule has 0 saturated heterocycles. The molecule has 0 bridgehead atoms. The van der Waals surface area contributed by atoms with Crippen molar-refractivity contribution in [1.82, 2.24) is 24.7 Å². The van der Waals surface area contributed by atoms with Crippen LogP contribution in [0.15, 0.2) is 9.95 Å². The standard InChI is InChI=1S/C21H27N5OS2/c1-4-11(2)9-15-12(3)29-20-17(15)19(27)22-16(23-20)10-28-21-25-24-18(13-5-6-13)26(21)14-7-8-14/h11,13-14H,4-10H2,1-3H3,(H,22,23,27)/t11-/m0/s1. The third kappa shape index (κ3) is 3.77. The molecule has 1 N–H and O–H groups in total. The van der Waals surface area contributed by atoms with Crippen LogP contribution in [0.2, 0.25) is 0 Å². The summed E-state index contributed by atoms with van der Waals surface area (Å²) in [6, 6.07) is 0.570. The van der Waals surface area contributed by atoms with E-state index in [4.69, 9.17) is 4.98 Å². The molecule has 2 saturated carbocycles. The molecule has 3 aromatic rings. The number of aromatic amines is 1. The zero-order valence-electron chi connectivity index (χ0n) is 17.2. The lowest BCUT2D eigenvalue weighted by Gasteiger charge is -2.09. The molecular weight excluding hydrogens is 402 g/mol. The quantitative estimate of drug-likeness (QED) is 0.511. The highest BCUT2D eigenvalue weighted by Gasteiger charge is 2.36. The smallest absolute Gasteiger partial charge is 0.259 e. The number of nitrogens with one attached hydrogen (secondary N) is 1. The molecule has 1 atom stereocenters. The first-order valence-corrected chi connectivity index (χ1v) is 12.4. The van der Waals surface area contributed by atoms with Gasteiger partial charge in [0.1, 0.15) is 16.5 Å². The third-order valence-corrected chi connectivity index (χ3v) is 8.04. The number of nitrogens with zero attached hydrogens (tertiary/aromatic N) is 4. The predicted molar refractivity (Wildman–Crippen MR) is 118 cm³/mol. The molecule has 6 nitrogen and oxygen atoms in total. The summed E-state index contributed by atoms with van der Waals surface area (Å²) in [4.78, 5) is 22.8. The lowest BCUT2D eigenvalue weighted by atomic mass is 9.98. The van der Waals surface area contributed by atoms with Gasteiger partial charge in [0, 0.05) is 16.8 Å². The second kappa shape index (κ2) is 7.54. The summed E-state index contributed by atoms with van der Waals surface area (Å²) in [7, 11) is 0. The summed E-state index contributed by atoms with van der Waals surface area (Å²) in [6.07, 6.45) is 6.96. The van der Waals surface area contributed by atoms with Gasteiger partial charge in [-0.15, -0.1) is 21.5 Å². The largest absolute Gasteiger partial charge is 0.309 e. The minimum atomic E-state index is -0.00409. The Kier molecular flexibility index (Phi) is 5.02. The Morgan fingerprint density at radius 3 is 2.76 bits per heavy atom. The third-order valence-electron chi connectivity index (χ3n) is 6.04. The fourth-order valence-corrected chi connectivity index (χ4v) is 5.80. The molecule has 29 heavy (non-hydrogen) atoms. The van der Waals surface area contributed by atoms with Gasteiger partial charge in [-0.25, -0.2) is 4.98 Å². The monoisotopic (exact) mass is 429 g/mol. The van der Waals surface area contributed by atoms with E-state index in [0.717, 1.165) is 39.9 Å². The Bertz CT molecular complexity index is 1110. The second-order valence-corrected chi connectivity index (χ2v) is 10.7. The van der Waals surface area contributed by atoms with Crippen LogP contribution in [0.25, 0.3) is 10.2 Å². The molecule has 154 valence electrons. The summed E-state index contributed by atoms with van der Waals surface area (Å²) in [5.41, 5.74) is 1.17. The fraction of sp³-hybridized carbons (Fsp3) is 0.619. The molecule has 2 aliphatic rings. The second-order valence-electron chi connectivity index (χ2n) is 8.55. The molecule has 0 amide bonds. The molecule has 0 unspecified atom stereocenters. The van der Waals surface area contributed by atoms with Gasteiger partial charge in [-0.2, -0.15) is 0 Å². The van der Waals surface area contributed by atoms with Crippen LogP contribution in [-0.4, -0.2) is 24.7 Å². The van der Waals surface area contributed by atoms with E-state index in [-0.39, 0.29) is 5.56 Å². The number of hydrogen-bond donors (Lipinski definition) is 1. The molecule has 2 fully saturated rings. The van der Waals surface area contributed by atoms with E-state index < -0.39 is 0 Å². The van der Waals surface area contributed by atoms with E-state index >= 15 is 0 Å². The first kappa shape index (κ1) is 19.3. The molecule has 2 aliphatic carbocycles. The van der Waals surface area contributed by atoms with Crippen molar-refractivity contribution in [2.75, 3.05) is 0 Å². The van der Waals surface area contributed by atoms with Gasteiger partial charge in [0.15, 0.2) is 5.16 Å². The number of hydrogen-bond acceptors (Lipinski definition) is 6. The van der Waals surface area contributed by atoms with E-state index in [2.05, 4.69) is 40.5 Å². The van der Waals surface area contributed by atoms with Crippen molar-refractivity contribution in [2.24, 2.45) is 5.92 Å². The Morgan fingerprint density at radius 1 is 1.28 bits per heavy atom. The van der Waals surface area contributed by atoms with Gasteiger partial charge < -0.3 is 9.55 Å². The maximum Gasteiger partial charge on any atom is 0.259 e. The van der Waals surface area contributed by atoms with Crippen molar-refractivity contribution in [1.29, 1.82) is 0 Å². The summed E-state index contributed by atoms with van der Waals surface area (Å²) in [6.45, 7) is 6.54. The van der Waals surface area contributed by atoms with Crippen LogP contribution in [0.5, 0.6) is 0 Å². The van der Waals surface area contributed by atoms with Crippen LogP contribution in [0.3, 0.4) is 0 Å². The van der Waals surface area contributed by atoms with E-state index in [1.54, 1.807) is 23.1 Å². The van der Waals surface area contributed by atoms with E-state index in [1.807, 2.05) is 0 Å². The minimum Gasteiger partial charge on any atom is -0.309 e. The van der Waals surface area contributed by atoms with Crippen molar-refractivity contribution in [2.45, 2.75) is 82.2 Å². The Morgan fingerprint density at radius 2 is 2.07 bits per heavy atom. The summed E-state index contributed by atoms with van der Waals surface area (Å²) < 4.78 is 2.35. The highest BCUT2D eigenvalue weighted by molar-refractivity contribution is 7.98. The molecule has 3 heterocycles. The van der Waals surface area contributed by atoms with Crippen LogP contribution in [0, 0.1) is 12.8 Å². The zero-order valence-corrected chi connectivity index (χ0v) is 18.8. The van der Waals surface area contributed by atoms with Crippen molar-refractivity contribution < 1.29 is 0 Å². The van der Waals surface area contributed by atoms with Gasteiger partial charge in [-0.05, 0) is 50.5 Å². The van der Waals surface area contributed by atoms with E-state index in [9.17, 15) is 4.79 Å². The van der Waals surface area contributed by atoms with Crippen LogP contribution in [-0.2, 0) is 12.2 Å². The summed E-state index contributed by atoms with van der Waals surface area (Å²) >= 11 is 3.28. The molecular formula is C21H27N5OS2. The maximum absolute atomic E-state index is 12.9. The summed E-state index contributed by atoms with van der Waals surface area (Å²) in [5.74, 6) is 3.66. The first-order valence-electron chi connectivity index (χ1n) is 10.6. The number of fused-ring (bicyclic) bond motifs is 1. The SMILES string of the molecule is CC[C@H](C)Cc1c(C)sc2nc(CSc3nnc(C4CC4)n3C3CC3)[nH]c(=O)c12. The topological polar surface area (TPSA) is 76.5 Å². The molecule has 0 aromatic carbocycles. The van der Waals surface area contributed by atoms with Crippen LogP contribution in [0.1, 0.15) is 80.0 Å². The van der Waals surface area contributed by atoms with Crippen molar-refractivity contribution in [3.63, 3.8) is 0 Å². The number of rotatable bonds is 8. The van der Waals surface area contributed by atoms with E-state index in [1.165, 1.54) is 36.1 Å².